The molecule has 4 aliphatic rings. The molecule has 0 amide bonds. The fourth-order valence-electron chi connectivity index (χ4n) is 12.5. The van der Waals surface area contributed by atoms with E-state index in [2.05, 4.69) is 201 Å². The van der Waals surface area contributed by atoms with E-state index < -0.39 is 0 Å². The van der Waals surface area contributed by atoms with Gasteiger partial charge in [0.05, 0.1) is 0 Å². The highest BCUT2D eigenvalue weighted by molar-refractivity contribution is 5.30. The van der Waals surface area contributed by atoms with Gasteiger partial charge in [0.1, 0.15) is 0 Å². The molecule has 8 rings (SSSR count). The first-order chi connectivity index (χ1) is 33.8. The van der Waals surface area contributed by atoms with E-state index in [0.29, 0.717) is 10.8 Å². The Labute approximate surface area is 444 Å². The van der Waals surface area contributed by atoms with E-state index in [1.54, 1.807) is 6.42 Å². The zero-order valence-electron chi connectivity index (χ0n) is 50.1. The summed E-state index contributed by atoms with van der Waals surface area (Å²) in [5.41, 5.74) is 12.2. The van der Waals surface area contributed by atoms with E-state index in [4.69, 9.17) is 0 Å². The average molecular weight is 970 g/mol. The molecular formula is C71H116. The van der Waals surface area contributed by atoms with Crippen LogP contribution < -0.4 is 0 Å². The summed E-state index contributed by atoms with van der Waals surface area (Å²) in [7, 11) is 0. The molecule has 71 heavy (non-hydrogen) atoms. The quantitative estimate of drug-likeness (QED) is 0.165. The van der Waals surface area contributed by atoms with E-state index >= 15 is 0 Å². The van der Waals surface area contributed by atoms with Crippen LogP contribution >= 0.6 is 0 Å². The number of hydrogen-bond donors (Lipinski definition) is 0. The molecule has 4 saturated carbocycles. The first-order valence-electron chi connectivity index (χ1n) is 30.0. The van der Waals surface area contributed by atoms with Crippen molar-refractivity contribution in [2.24, 2.45) is 52.3 Å². The van der Waals surface area contributed by atoms with Crippen LogP contribution in [0.3, 0.4) is 0 Å². The summed E-state index contributed by atoms with van der Waals surface area (Å²) in [4.78, 5) is 0. The van der Waals surface area contributed by atoms with Gasteiger partial charge >= 0.3 is 0 Å². The predicted octanol–water partition coefficient (Wildman–Crippen LogP) is 22.5. The normalized spacial score (nSPS) is 23.2. The van der Waals surface area contributed by atoms with Crippen molar-refractivity contribution in [1.82, 2.24) is 0 Å². The fraction of sp³-hybridized carbons (Fsp3) is 0.662. The van der Waals surface area contributed by atoms with Gasteiger partial charge in [0.25, 0.3) is 0 Å². The smallest absolute Gasteiger partial charge is 0.00258 e. The van der Waals surface area contributed by atoms with E-state index in [0.717, 1.165) is 60.7 Å². The van der Waals surface area contributed by atoms with Gasteiger partial charge in [-0.25, -0.2) is 0 Å². The molecule has 0 bridgehead atoms. The van der Waals surface area contributed by atoms with Crippen LogP contribution in [0.5, 0.6) is 0 Å². The number of benzene rings is 4. The summed E-state index contributed by atoms with van der Waals surface area (Å²) >= 11 is 0. The van der Waals surface area contributed by atoms with Crippen molar-refractivity contribution < 1.29 is 0 Å². The molecule has 4 fully saturated rings. The SMILES string of the molecule is CC.CC1CC(C)(C)CC(C)(C)C1.CC1CCC(CC2CCC(C)CC2)CC1.CCC1CCCC(CC)C1.CCc1cccc(CC)c1.Cc1ccc(Cc2ccc(C)cc2)cc1.Cc1ccccc1C. The topological polar surface area (TPSA) is 0 Å². The Morgan fingerprint density at radius 3 is 1.13 bits per heavy atom. The Kier molecular flexibility index (Phi) is 31.7. The summed E-state index contributed by atoms with van der Waals surface area (Å²) in [6, 6.07) is 34.6. The molecule has 4 aliphatic carbocycles. The van der Waals surface area contributed by atoms with E-state index in [1.165, 1.54) is 154 Å². The van der Waals surface area contributed by atoms with Crippen molar-refractivity contribution in [2.45, 2.75) is 253 Å². The lowest BCUT2D eigenvalue weighted by atomic mass is 9.62. The van der Waals surface area contributed by atoms with Crippen molar-refractivity contribution in [1.29, 1.82) is 0 Å². The van der Waals surface area contributed by atoms with Gasteiger partial charge in [-0.1, -0.05) is 282 Å². The fourth-order valence-corrected chi connectivity index (χ4v) is 12.5. The zero-order valence-corrected chi connectivity index (χ0v) is 50.1. The molecule has 0 radical (unpaired) electrons. The molecule has 4 aromatic carbocycles. The molecule has 4 aromatic rings. The summed E-state index contributed by atoms with van der Waals surface area (Å²) in [5, 5.41) is 0. The maximum Gasteiger partial charge on any atom is -0.00258 e. The first-order valence-corrected chi connectivity index (χ1v) is 30.0. The standard InChI is InChI=1S/C15H28.C15H16.C11H22.C10H20.C10H14.C8H10.C2H6/c2*1-12-3-7-14(8-4-12)11-15-9-5-13(2)6-10-15;1-9-6-10(2,3)8-11(4,5)7-9;2*1-3-9-6-5-7-10(4-2)8-9;1-7-5-3-4-6-8(7)2;1-2/h12-15H,3-11H2,1-2H3;3-10H,11H2,1-2H3;9H,6-8H2,1-5H3;9-10H,3-8H2,1-2H3;5-8H,3-4H2,1-2H3;3-6H,1-2H3;1-2H3. The van der Waals surface area contributed by atoms with E-state index in [1.807, 2.05) is 13.8 Å². The molecule has 0 nitrogen and oxygen atoms in total. The molecule has 0 heterocycles. The van der Waals surface area contributed by atoms with Crippen LogP contribution in [-0.4, -0.2) is 0 Å². The van der Waals surface area contributed by atoms with Gasteiger partial charge in [0, 0.05) is 0 Å². The van der Waals surface area contributed by atoms with Gasteiger partial charge in [0.15, 0.2) is 0 Å². The Morgan fingerprint density at radius 2 is 0.803 bits per heavy atom. The predicted molar refractivity (Wildman–Crippen MR) is 321 cm³/mol. The van der Waals surface area contributed by atoms with Crippen LogP contribution in [-0.2, 0) is 19.3 Å². The highest BCUT2D eigenvalue weighted by Crippen LogP contribution is 2.48. The van der Waals surface area contributed by atoms with Gasteiger partial charge < -0.3 is 0 Å². The van der Waals surface area contributed by atoms with Crippen LogP contribution in [0.2, 0.25) is 0 Å². The molecular weight excluding hydrogens is 853 g/mol. The monoisotopic (exact) mass is 969 g/mol. The highest BCUT2D eigenvalue weighted by Gasteiger charge is 2.36. The lowest BCUT2D eigenvalue weighted by Crippen LogP contribution is -2.32. The second-order valence-electron chi connectivity index (χ2n) is 25.0. The van der Waals surface area contributed by atoms with Crippen molar-refractivity contribution in [3.63, 3.8) is 0 Å². The second kappa shape index (κ2) is 35.1. The van der Waals surface area contributed by atoms with Crippen LogP contribution in [0.1, 0.15) is 250 Å². The lowest BCUT2D eigenvalue weighted by Gasteiger charge is -2.44. The summed E-state index contributed by atoms with van der Waals surface area (Å²) in [6.07, 6.45) is 30.1. The molecule has 0 N–H and O–H groups in total. The summed E-state index contributed by atoms with van der Waals surface area (Å²) in [6.45, 7) is 38.4. The van der Waals surface area contributed by atoms with Gasteiger partial charge in [-0.15, -0.1) is 0 Å². The average Bonchev–Trinajstić information content (AvgIpc) is 3.36. The number of aryl methyl sites for hydroxylation is 6. The molecule has 0 spiro atoms. The molecule has 2 atom stereocenters. The Bertz CT molecular complexity index is 1760. The maximum absolute atomic E-state index is 2.43. The van der Waals surface area contributed by atoms with E-state index in [9.17, 15) is 0 Å². The third-order valence-corrected chi connectivity index (χ3v) is 16.6. The lowest BCUT2D eigenvalue weighted by molar-refractivity contribution is 0.0754. The van der Waals surface area contributed by atoms with Crippen molar-refractivity contribution in [3.05, 3.63) is 142 Å². The Hall–Kier alpha value is -3.12. The zero-order chi connectivity index (χ0) is 52.8. The van der Waals surface area contributed by atoms with Gasteiger partial charge in [-0.2, -0.15) is 0 Å². The highest BCUT2D eigenvalue weighted by atomic mass is 14.4. The Balaban J connectivity index is 0.000000294. The third-order valence-electron chi connectivity index (χ3n) is 16.6. The molecule has 2 unspecified atom stereocenters. The number of rotatable bonds is 8. The minimum atomic E-state index is 0.584. The van der Waals surface area contributed by atoms with Crippen LogP contribution in [0, 0.1) is 80.0 Å². The van der Waals surface area contributed by atoms with Gasteiger partial charge in [0.2, 0.25) is 0 Å². The van der Waals surface area contributed by atoms with Crippen LogP contribution in [0.25, 0.3) is 0 Å². The molecule has 400 valence electrons. The molecule has 0 heteroatoms. The minimum Gasteiger partial charge on any atom is -0.0683 e. The third kappa shape index (κ3) is 28.2. The molecule has 0 saturated heterocycles. The molecule has 0 aliphatic heterocycles. The van der Waals surface area contributed by atoms with Crippen molar-refractivity contribution in [2.75, 3.05) is 0 Å². The van der Waals surface area contributed by atoms with Crippen molar-refractivity contribution in [3.8, 4) is 0 Å². The first kappa shape index (κ1) is 64.0. The van der Waals surface area contributed by atoms with Crippen LogP contribution in [0.4, 0.5) is 0 Å². The van der Waals surface area contributed by atoms with Crippen molar-refractivity contribution >= 4 is 0 Å². The van der Waals surface area contributed by atoms with E-state index in [-0.39, 0.29) is 0 Å². The van der Waals surface area contributed by atoms with Crippen LogP contribution in [0.15, 0.2) is 97.1 Å². The van der Waals surface area contributed by atoms with Gasteiger partial charge in [-0.3, -0.25) is 0 Å². The minimum absolute atomic E-state index is 0.584. The molecule has 0 aromatic heterocycles. The number of hydrogen-bond acceptors (Lipinski definition) is 0. The summed E-state index contributed by atoms with van der Waals surface area (Å²) < 4.78 is 0. The maximum atomic E-state index is 2.43. The van der Waals surface area contributed by atoms with Gasteiger partial charge in [-0.05, 0) is 165 Å². The second-order valence-corrected chi connectivity index (χ2v) is 25.0. The summed E-state index contributed by atoms with van der Waals surface area (Å²) in [5.74, 6) is 7.30. The Morgan fingerprint density at radius 1 is 0.423 bits per heavy atom. The largest absolute Gasteiger partial charge is 0.0683 e.